The second-order valence-electron chi connectivity index (χ2n) is 5.09. The summed E-state index contributed by atoms with van der Waals surface area (Å²) in [5, 5.41) is 16.1. The molecule has 0 unspecified atom stereocenters. The van der Waals surface area contributed by atoms with Gasteiger partial charge >= 0.3 is 0 Å². The zero-order chi connectivity index (χ0) is 17.4. The molecule has 0 aliphatic heterocycles. The maximum absolute atomic E-state index is 13.8. The molecule has 25 heavy (non-hydrogen) atoms. The fraction of sp³-hybridized carbons (Fsp3) is 0.353. The van der Waals surface area contributed by atoms with Crippen LogP contribution in [0.25, 0.3) is 0 Å². The molecular weight excluding hydrogens is 452 g/mol. The molecule has 5 nitrogen and oxygen atoms in total. The number of aromatic nitrogens is 1. The molecule has 0 aliphatic carbocycles. The van der Waals surface area contributed by atoms with Crippen molar-refractivity contribution in [3.8, 4) is 6.07 Å². The minimum absolute atomic E-state index is 0. The Morgan fingerprint density at radius 2 is 2.20 bits per heavy atom. The number of rotatable bonds is 6. The summed E-state index contributed by atoms with van der Waals surface area (Å²) in [6.07, 6.45) is 3.74. The maximum Gasteiger partial charge on any atom is 0.191 e. The summed E-state index contributed by atoms with van der Waals surface area (Å²) in [4.78, 5) is 9.78. The van der Waals surface area contributed by atoms with Gasteiger partial charge in [-0.15, -0.1) is 35.3 Å². The van der Waals surface area contributed by atoms with Crippen LogP contribution in [0.1, 0.15) is 27.9 Å². The molecule has 0 fully saturated rings. The Morgan fingerprint density at radius 3 is 2.80 bits per heavy atom. The summed E-state index contributed by atoms with van der Waals surface area (Å²) in [7, 11) is 1.67. The van der Waals surface area contributed by atoms with Gasteiger partial charge in [-0.2, -0.15) is 5.26 Å². The van der Waals surface area contributed by atoms with Gasteiger partial charge in [0, 0.05) is 43.2 Å². The number of nitriles is 1. The summed E-state index contributed by atoms with van der Waals surface area (Å²) in [5.41, 5.74) is 0.804. The van der Waals surface area contributed by atoms with Gasteiger partial charge in [0.25, 0.3) is 0 Å². The highest BCUT2D eigenvalue weighted by atomic mass is 127. The Hall–Kier alpha value is -1.73. The van der Waals surface area contributed by atoms with Gasteiger partial charge in [0.05, 0.1) is 16.6 Å². The molecule has 134 valence electrons. The molecule has 0 bridgehead atoms. The predicted octanol–water partition coefficient (Wildman–Crippen LogP) is 3.24. The van der Waals surface area contributed by atoms with Crippen molar-refractivity contribution in [2.75, 3.05) is 13.6 Å². The van der Waals surface area contributed by atoms with E-state index in [1.807, 2.05) is 12.3 Å². The summed E-state index contributed by atoms with van der Waals surface area (Å²) in [6.45, 7) is 3.12. The fourth-order valence-electron chi connectivity index (χ4n) is 2.07. The summed E-state index contributed by atoms with van der Waals surface area (Å²) in [6, 6.07) is 6.36. The number of hydrogen-bond acceptors (Lipinski definition) is 4. The number of guanidine groups is 1. The van der Waals surface area contributed by atoms with E-state index < -0.39 is 5.82 Å². The minimum Gasteiger partial charge on any atom is -0.356 e. The molecule has 0 spiro atoms. The quantitative estimate of drug-likeness (QED) is 0.384. The zero-order valence-electron chi connectivity index (χ0n) is 14.2. The Morgan fingerprint density at radius 1 is 1.40 bits per heavy atom. The second-order valence-corrected chi connectivity index (χ2v) is 6.29. The van der Waals surface area contributed by atoms with Crippen molar-refractivity contribution in [1.29, 1.82) is 5.26 Å². The third-order valence-corrected chi connectivity index (χ3v) is 4.63. The van der Waals surface area contributed by atoms with Gasteiger partial charge in [0.1, 0.15) is 5.82 Å². The maximum atomic E-state index is 13.8. The first kappa shape index (κ1) is 21.3. The van der Waals surface area contributed by atoms with Crippen LogP contribution in [0, 0.1) is 17.1 Å². The van der Waals surface area contributed by atoms with Crippen LogP contribution in [0.2, 0.25) is 0 Å². The van der Waals surface area contributed by atoms with E-state index in [1.165, 1.54) is 10.9 Å². The van der Waals surface area contributed by atoms with Gasteiger partial charge in [-0.25, -0.2) is 9.37 Å². The molecular formula is C17H21FIN5S. The van der Waals surface area contributed by atoms with E-state index in [-0.39, 0.29) is 24.0 Å². The number of aryl methyl sites for hydroxylation is 1. The Balaban J connectivity index is 0.00000312. The van der Waals surface area contributed by atoms with E-state index in [4.69, 9.17) is 5.26 Å². The first-order chi connectivity index (χ1) is 11.7. The van der Waals surface area contributed by atoms with Crippen LogP contribution < -0.4 is 10.6 Å². The number of thiazole rings is 1. The molecule has 8 heteroatoms. The minimum atomic E-state index is -0.396. The molecule has 0 saturated heterocycles. The molecule has 0 aliphatic rings. The van der Waals surface area contributed by atoms with Crippen LogP contribution in [0.3, 0.4) is 0 Å². The lowest BCUT2D eigenvalue weighted by Gasteiger charge is -2.12. The summed E-state index contributed by atoms with van der Waals surface area (Å²) < 4.78 is 13.8. The van der Waals surface area contributed by atoms with Crippen molar-refractivity contribution < 1.29 is 4.39 Å². The van der Waals surface area contributed by atoms with E-state index in [2.05, 4.69) is 27.5 Å². The predicted molar refractivity (Wildman–Crippen MR) is 110 cm³/mol. The van der Waals surface area contributed by atoms with Crippen molar-refractivity contribution in [3.05, 3.63) is 51.2 Å². The third kappa shape index (κ3) is 6.59. The third-order valence-electron chi connectivity index (χ3n) is 3.43. The van der Waals surface area contributed by atoms with Gasteiger partial charge in [0.2, 0.25) is 0 Å². The Bertz CT molecular complexity index is 754. The van der Waals surface area contributed by atoms with E-state index in [9.17, 15) is 4.39 Å². The van der Waals surface area contributed by atoms with Crippen LogP contribution >= 0.6 is 35.3 Å². The largest absolute Gasteiger partial charge is 0.356 e. The number of aliphatic imine (C=N–C) groups is 1. The highest BCUT2D eigenvalue weighted by molar-refractivity contribution is 14.0. The van der Waals surface area contributed by atoms with E-state index in [0.29, 0.717) is 30.2 Å². The first-order valence-electron chi connectivity index (χ1n) is 7.73. The van der Waals surface area contributed by atoms with Crippen LogP contribution in [0.5, 0.6) is 0 Å². The molecule has 0 radical (unpaired) electrons. The van der Waals surface area contributed by atoms with Gasteiger partial charge in [0.15, 0.2) is 5.96 Å². The summed E-state index contributed by atoms with van der Waals surface area (Å²) in [5.74, 6) is 0.206. The van der Waals surface area contributed by atoms with E-state index in [0.717, 1.165) is 17.8 Å². The van der Waals surface area contributed by atoms with Crippen LogP contribution in [0.15, 0.2) is 29.4 Å². The number of halogens is 2. The molecule has 0 saturated carbocycles. The average molecular weight is 473 g/mol. The van der Waals surface area contributed by atoms with Crippen molar-refractivity contribution >= 4 is 41.3 Å². The molecule has 2 rings (SSSR count). The molecule has 0 atom stereocenters. The normalized spacial score (nSPS) is 10.7. The molecule has 1 heterocycles. The molecule has 1 aromatic heterocycles. The number of nitrogens with one attached hydrogen (secondary N) is 2. The molecule has 2 aromatic rings. The molecule has 0 amide bonds. The van der Waals surface area contributed by atoms with Crippen molar-refractivity contribution in [2.24, 2.45) is 4.99 Å². The number of hydrogen-bond donors (Lipinski definition) is 2. The first-order valence-corrected chi connectivity index (χ1v) is 8.54. The lowest BCUT2D eigenvalue weighted by Crippen LogP contribution is -2.38. The van der Waals surface area contributed by atoms with Gasteiger partial charge < -0.3 is 10.6 Å². The number of nitrogens with zero attached hydrogens (tertiary/aromatic N) is 3. The smallest absolute Gasteiger partial charge is 0.191 e. The fourth-order valence-corrected chi connectivity index (χ4v) is 2.94. The van der Waals surface area contributed by atoms with Crippen molar-refractivity contribution in [1.82, 2.24) is 15.6 Å². The van der Waals surface area contributed by atoms with Crippen LogP contribution in [0.4, 0.5) is 4.39 Å². The Kier molecular flexibility index (Phi) is 9.37. The van der Waals surface area contributed by atoms with Crippen molar-refractivity contribution in [3.63, 3.8) is 0 Å². The van der Waals surface area contributed by atoms with Gasteiger partial charge in [-0.3, -0.25) is 4.99 Å². The lowest BCUT2D eigenvalue weighted by atomic mass is 10.1. The van der Waals surface area contributed by atoms with E-state index >= 15 is 0 Å². The standard InChI is InChI=1S/C17H20FN5S.HI/c1-3-14-11-22-16(24-14)6-7-21-17(20-2)23-10-13-5-4-12(9-19)8-15(13)18;/h4-5,8,11H,3,6-7,10H2,1-2H3,(H2,20,21,23);1H. The zero-order valence-corrected chi connectivity index (χ0v) is 17.3. The van der Waals surface area contributed by atoms with Crippen LogP contribution in [-0.4, -0.2) is 24.5 Å². The molecule has 2 N–H and O–H groups in total. The molecule has 1 aromatic carbocycles. The van der Waals surface area contributed by atoms with E-state index in [1.54, 1.807) is 30.5 Å². The lowest BCUT2D eigenvalue weighted by molar-refractivity contribution is 0.604. The highest BCUT2D eigenvalue weighted by Crippen LogP contribution is 2.13. The SMILES string of the molecule is CCc1cnc(CCNC(=NC)NCc2ccc(C#N)cc2F)s1.I. The van der Waals surface area contributed by atoms with Crippen LogP contribution in [-0.2, 0) is 19.4 Å². The monoisotopic (exact) mass is 473 g/mol. The Labute approximate surface area is 168 Å². The highest BCUT2D eigenvalue weighted by Gasteiger charge is 2.06. The summed E-state index contributed by atoms with van der Waals surface area (Å²) >= 11 is 1.72. The average Bonchev–Trinajstić information content (AvgIpc) is 3.06. The van der Waals surface area contributed by atoms with Crippen molar-refractivity contribution in [2.45, 2.75) is 26.3 Å². The van der Waals surface area contributed by atoms with Gasteiger partial charge in [-0.1, -0.05) is 13.0 Å². The second kappa shape index (κ2) is 11.0. The number of benzene rings is 1. The topological polar surface area (TPSA) is 73.1 Å². The van der Waals surface area contributed by atoms with Gasteiger partial charge in [-0.05, 0) is 18.6 Å².